The van der Waals surface area contributed by atoms with E-state index in [0.29, 0.717) is 41.7 Å². The number of para-hydroxylation sites is 1. The van der Waals surface area contributed by atoms with Crippen LogP contribution in [0.15, 0.2) is 48.5 Å². The number of likely N-dealkylation sites (tertiary alicyclic amines) is 1. The summed E-state index contributed by atoms with van der Waals surface area (Å²) in [7, 11) is 1.98. The molecule has 7 heteroatoms. The van der Waals surface area contributed by atoms with Crippen LogP contribution in [-0.2, 0) is 4.79 Å². The summed E-state index contributed by atoms with van der Waals surface area (Å²) in [4.78, 5) is 29.2. The molecule has 2 aromatic rings. The minimum atomic E-state index is -0.465. The van der Waals surface area contributed by atoms with Gasteiger partial charge in [0, 0.05) is 48.0 Å². The standard InChI is InChI=1S/C21H23Cl2N3O2/c1-25(18-6-3-2-4-7-18)11-9-24-20(27)19-8-5-10-26(19)21(28)15-12-16(22)14-17(23)13-15/h2-4,6-7,12-14,19H,5,8-11H2,1H3,(H,24,27). The van der Waals surface area contributed by atoms with Crippen molar-refractivity contribution < 1.29 is 9.59 Å². The van der Waals surface area contributed by atoms with Crippen molar-refractivity contribution in [2.45, 2.75) is 18.9 Å². The molecule has 28 heavy (non-hydrogen) atoms. The van der Waals surface area contributed by atoms with E-state index in [4.69, 9.17) is 23.2 Å². The molecule has 5 nitrogen and oxygen atoms in total. The van der Waals surface area contributed by atoms with Crippen LogP contribution in [0.25, 0.3) is 0 Å². The number of nitrogens with one attached hydrogen (secondary N) is 1. The zero-order valence-corrected chi connectivity index (χ0v) is 17.2. The molecule has 3 rings (SSSR count). The summed E-state index contributed by atoms with van der Waals surface area (Å²) >= 11 is 12.0. The van der Waals surface area contributed by atoms with Crippen LogP contribution >= 0.6 is 23.2 Å². The first kappa shape index (κ1) is 20.5. The van der Waals surface area contributed by atoms with Crippen molar-refractivity contribution in [2.24, 2.45) is 0 Å². The van der Waals surface area contributed by atoms with E-state index in [9.17, 15) is 9.59 Å². The largest absolute Gasteiger partial charge is 0.373 e. The third-order valence-corrected chi connectivity index (χ3v) is 5.31. The number of benzene rings is 2. The second-order valence-electron chi connectivity index (χ2n) is 6.86. The van der Waals surface area contributed by atoms with Crippen molar-refractivity contribution in [1.29, 1.82) is 0 Å². The second-order valence-corrected chi connectivity index (χ2v) is 7.74. The molecule has 1 N–H and O–H groups in total. The summed E-state index contributed by atoms with van der Waals surface area (Å²) in [5.74, 6) is -0.344. The molecule has 0 spiro atoms. The first-order valence-electron chi connectivity index (χ1n) is 9.26. The van der Waals surface area contributed by atoms with E-state index >= 15 is 0 Å². The monoisotopic (exact) mass is 419 g/mol. The average Bonchev–Trinajstić information content (AvgIpc) is 3.17. The highest BCUT2D eigenvalue weighted by atomic mass is 35.5. The third-order valence-electron chi connectivity index (χ3n) is 4.87. The summed E-state index contributed by atoms with van der Waals surface area (Å²) in [6, 6.07) is 14.3. The lowest BCUT2D eigenvalue weighted by Crippen LogP contribution is -2.47. The van der Waals surface area contributed by atoms with Crippen molar-refractivity contribution >= 4 is 40.7 Å². The lowest BCUT2D eigenvalue weighted by atomic mass is 10.1. The van der Waals surface area contributed by atoms with Gasteiger partial charge >= 0.3 is 0 Å². The van der Waals surface area contributed by atoms with E-state index in [0.717, 1.165) is 12.1 Å². The van der Waals surface area contributed by atoms with Crippen molar-refractivity contribution in [3.63, 3.8) is 0 Å². The van der Waals surface area contributed by atoms with E-state index in [1.165, 1.54) is 0 Å². The normalized spacial score (nSPS) is 16.1. The van der Waals surface area contributed by atoms with Gasteiger partial charge in [0.2, 0.25) is 5.91 Å². The molecule has 0 aliphatic carbocycles. The predicted octanol–water partition coefficient (Wildman–Crippen LogP) is 3.85. The molecular weight excluding hydrogens is 397 g/mol. The molecule has 1 heterocycles. The lowest BCUT2D eigenvalue weighted by molar-refractivity contribution is -0.124. The Kier molecular flexibility index (Phi) is 6.81. The van der Waals surface area contributed by atoms with Gasteiger partial charge in [-0.3, -0.25) is 9.59 Å². The van der Waals surface area contributed by atoms with Crippen LogP contribution in [0.5, 0.6) is 0 Å². The van der Waals surface area contributed by atoms with E-state index in [1.807, 2.05) is 37.4 Å². The van der Waals surface area contributed by atoms with Crippen LogP contribution in [0.2, 0.25) is 10.0 Å². The maximum atomic E-state index is 12.9. The first-order valence-corrected chi connectivity index (χ1v) is 10.0. The number of amides is 2. The second kappa shape index (κ2) is 9.30. The Morgan fingerprint density at radius 3 is 2.50 bits per heavy atom. The van der Waals surface area contributed by atoms with Crippen LogP contribution in [0.3, 0.4) is 0 Å². The van der Waals surface area contributed by atoms with Gasteiger partial charge in [-0.2, -0.15) is 0 Å². The number of carbonyl (C=O) groups is 2. The zero-order valence-electron chi connectivity index (χ0n) is 15.7. The van der Waals surface area contributed by atoms with Crippen molar-refractivity contribution in [2.75, 3.05) is 31.6 Å². The number of halogens is 2. The Balaban J connectivity index is 1.57. The van der Waals surface area contributed by atoms with Crippen LogP contribution in [0.4, 0.5) is 5.69 Å². The molecule has 2 aromatic carbocycles. The van der Waals surface area contributed by atoms with Crippen molar-refractivity contribution in [3.05, 3.63) is 64.1 Å². The number of carbonyl (C=O) groups excluding carboxylic acids is 2. The maximum absolute atomic E-state index is 12.9. The highest BCUT2D eigenvalue weighted by Gasteiger charge is 2.34. The van der Waals surface area contributed by atoms with E-state index in [-0.39, 0.29) is 11.8 Å². The summed E-state index contributed by atoms with van der Waals surface area (Å²) in [6.45, 7) is 1.73. The average molecular weight is 420 g/mol. The van der Waals surface area contributed by atoms with Gasteiger partial charge in [-0.1, -0.05) is 41.4 Å². The molecular formula is C21H23Cl2N3O2. The topological polar surface area (TPSA) is 52.7 Å². The van der Waals surface area contributed by atoms with Crippen LogP contribution in [-0.4, -0.2) is 49.4 Å². The van der Waals surface area contributed by atoms with Crippen molar-refractivity contribution in [3.8, 4) is 0 Å². The van der Waals surface area contributed by atoms with E-state index in [1.54, 1.807) is 23.1 Å². The predicted molar refractivity (Wildman–Crippen MR) is 113 cm³/mol. The van der Waals surface area contributed by atoms with Gasteiger partial charge in [0.1, 0.15) is 6.04 Å². The Hall–Kier alpha value is -2.24. The van der Waals surface area contributed by atoms with Crippen LogP contribution in [0.1, 0.15) is 23.2 Å². The highest BCUT2D eigenvalue weighted by molar-refractivity contribution is 6.35. The molecule has 1 atom stereocenters. The van der Waals surface area contributed by atoms with Gasteiger partial charge < -0.3 is 15.1 Å². The highest BCUT2D eigenvalue weighted by Crippen LogP contribution is 2.24. The molecule has 0 radical (unpaired) electrons. The fourth-order valence-electron chi connectivity index (χ4n) is 3.40. The zero-order chi connectivity index (χ0) is 20.1. The van der Waals surface area contributed by atoms with Gasteiger partial charge in [-0.15, -0.1) is 0 Å². The summed E-state index contributed by atoms with van der Waals surface area (Å²) in [5.41, 5.74) is 1.49. The van der Waals surface area contributed by atoms with Gasteiger partial charge in [-0.05, 0) is 43.2 Å². The van der Waals surface area contributed by atoms with Gasteiger partial charge in [-0.25, -0.2) is 0 Å². The fourth-order valence-corrected chi connectivity index (χ4v) is 3.93. The number of nitrogens with zero attached hydrogens (tertiary/aromatic N) is 2. The molecule has 1 aliphatic heterocycles. The molecule has 0 saturated carbocycles. The number of anilines is 1. The molecule has 1 fully saturated rings. The number of rotatable bonds is 6. The Morgan fingerprint density at radius 1 is 1.14 bits per heavy atom. The first-order chi connectivity index (χ1) is 13.5. The SMILES string of the molecule is CN(CCNC(=O)C1CCCN1C(=O)c1cc(Cl)cc(Cl)c1)c1ccccc1. The smallest absolute Gasteiger partial charge is 0.254 e. The van der Waals surface area contributed by atoms with Gasteiger partial charge in [0.05, 0.1) is 0 Å². The molecule has 1 saturated heterocycles. The molecule has 1 unspecified atom stereocenters. The summed E-state index contributed by atoms with van der Waals surface area (Å²) < 4.78 is 0. The molecule has 0 aromatic heterocycles. The number of hydrogen-bond acceptors (Lipinski definition) is 3. The maximum Gasteiger partial charge on any atom is 0.254 e. The van der Waals surface area contributed by atoms with Crippen LogP contribution in [0, 0.1) is 0 Å². The molecule has 148 valence electrons. The van der Waals surface area contributed by atoms with Gasteiger partial charge in [0.25, 0.3) is 5.91 Å². The Morgan fingerprint density at radius 2 is 1.82 bits per heavy atom. The van der Waals surface area contributed by atoms with E-state index in [2.05, 4.69) is 10.2 Å². The quantitative estimate of drug-likeness (QED) is 0.773. The lowest BCUT2D eigenvalue weighted by Gasteiger charge is -2.25. The van der Waals surface area contributed by atoms with E-state index < -0.39 is 6.04 Å². The number of hydrogen-bond donors (Lipinski definition) is 1. The Labute approximate surface area is 175 Å². The molecule has 1 aliphatic rings. The molecule has 0 bridgehead atoms. The fraction of sp³-hybridized carbons (Fsp3) is 0.333. The third kappa shape index (κ3) is 4.97. The van der Waals surface area contributed by atoms with Crippen LogP contribution < -0.4 is 10.2 Å². The summed E-state index contributed by atoms with van der Waals surface area (Å²) in [6.07, 6.45) is 1.45. The minimum absolute atomic E-state index is 0.125. The Bertz CT molecular complexity index is 825. The van der Waals surface area contributed by atoms with Crippen molar-refractivity contribution in [1.82, 2.24) is 10.2 Å². The number of likely N-dealkylation sites (N-methyl/N-ethyl adjacent to an activating group) is 1. The molecule has 2 amide bonds. The minimum Gasteiger partial charge on any atom is -0.373 e. The van der Waals surface area contributed by atoms with Gasteiger partial charge in [0.15, 0.2) is 0 Å². The summed E-state index contributed by atoms with van der Waals surface area (Å²) in [5, 5.41) is 3.76.